The second-order valence-corrected chi connectivity index (χ2v) is 10.9. The zero-order chi connectivity index (χ0) is 29.4. The van der Waals surface area contributed by atoms with E-state index in [1.807, 2.05) is 32.2 Å². The van der Waals surface area contributed by atoms with Gasteiger partial charge in [-0.3, -0.25) is 4.98 Å². The van der Waals surface area contributed by atoms with Crippen molar-refractivity contribution >= 4 is 5.69 Å². The number of anilines is 1. The van der Waals surface area contributed by atoms with E-state index < -0.39 is 6.10 Å². The Morgan fingerprint density at radius 2 is 1.86 bits per heavy atom. The maximum absolute atomic E-state index is 10.2. The number of aliphatic hydroxyl groups is 1. The average molecular weight is 570 g/mol. The molecule has 0 aliphatic heterocycles. The highest BCUT2D eigenvalue weighted by molar-refractivity contribution is 5.45. The lowest BCUT2D eigenvalue weighted by atomic mass is 10.0. The number of hydrazine groups is 1. The number of aliphatic hydroxyl groups excluding tert-OH is 1. The molecule has 2 aliphatic rings. The third-order valence-electron chi connectivity index (χ3n) is 7.74. The molecule has 0 saturated heterocycles. The molecule has 4 N–H and O–H groups in total. The van der Waals surface area contributed by atoms with Gasteiger partial charge >= 0.3 is 0 Å². The van der Waals surface area contributed by atoms with Gasteiger partial charge in [0.1, 0.15) is 6.26 Å². The zero-order valence-corrected chi connectivity index (χ0v) is 25.2. The van der Waals surface area contributed by atoms with Gasteiger partial charge in [-0.2, -0.15) is 0 Å². The molecular formula is C35H47N5O2. The summed E-state index contributed by atoms with van der Waals surface area (Å²) in [5.41, 5.74) is 13.0. The number of pyridine rings is 1. The third kappa shape index (κ3) is 10.3. The summed E-state index contributed by atoms with van der Waals surface area (Å²) in [6.45, 7) is 5.30. The van der Waals surface area contributed by atoms with Crippen LogP contribution in [0.1, 0.15) is 81.2 Å². The van der Waals surface area contributed by atoms with Gasteiger partial charge in [0.2, 0.25) is 0 Å². The summed E-state index contributed by atoms with van der Waals surface area (Å²) in [7, 11) is 0. The van der Waals surface area contributed by atoms with Gasteiger partial charge in [0, 0.05) is 30.9 Å². The predicted octanol–water partition coefficient (Wildman–Crippen LogP) is 7.01. The van der Waals surface area contributed by atoms with Crippen LogP contribution in [0.4, 0.5) is 5.69 Å². The van der Waals surface area contributed by atoms with Crippen molar-refractivity contribution < 1.29 is 9.52 Å². The molecular weight excluding hydrogens is 522 g/mol. The lowest BCUT2D eigenvalue weighted by molar-refractivity contribution is 0.174. The number of hydrogen-bond acceptors (Lipinski definition) is 7. The Labute approximate surface area is 251 Å². The molecule has 7 nitrogen and oxygen atoms in total. The number of allylic oxidation sites excluding steroid dienone is 5. The number of rotatable bonds is 14. The first-order valence-electron chi connectivity index (χ1n) is 15.6. The fourth-order valence-corrected chi connectivity index (χ4v) is 5.33. The molecule has 5 rings (SSSR count). The first kappa shape index (κ1) is 31.3. The van der Waals surface area contributed by atoms with Crippen LogP contribution in [0, 0.1) is 5.92 Å². The number of nitrogens with one attached hydrogen (secondary N) is 3. The monoisotopic (exact) mass is 569 g/mol. The number of aromatic nitrogens is 2. The Morgan fingerprint density at radius 1 is 1.02 bits per heavy atom. The maximum Gasteiger partial charge on any atom is 0.198 e. The maximum atomic E-state index is 10.2. The Balaban J connectivity index is 0.00000198. The van der Waals surface area contributed by atoms with Crippen molar-refractivity contribution in [2.75, 3.05) is 18.5 Å². The van der Waals surface area contributed by atoms with Crippen LogP contribution in [0.15, 0.2) is 95.0 Å². The summed E-state index contributed by atoms with van der Waals surface area (Å²) in [5, 5.41) is 13.6. The number of benzene rings is 1. The predicted molar refractivity (Wildman–Crippen MR) is 171 cm³/mol. The van der Waals surface area contributed by atoms with E-state index in [0.29, 0.717) is 6.54 Å². The van der Waals surface area contributed by atoms with Gasteiger partial charge in [0.25, 0.3) is 0 Å². The Bertz CT molecular complexity index is 1270. The van der Waals surface area contributed by atoms with E-state index in [1.54, 1.807) is 12.4 Å². The third-order valence-corrected chi connectivity index (χ3v) is 7.74. The van der Waals surface area contributed by atoms with E-state index in [9.17, 15) is 5.11 Å². The summed E-state index contributed by atoms with van der Waals surface area (Å²) in [4.78, 5) is 8.80. The smallest absolute Gasteiger partial charge is 0.198 e. The molecule has 7 heteroatoms. The molecule has 1 aromatic carbocycles. The van der Waals surface area contributed by atoms with Crippen LogP contribution in [-0.4, -0.2) is 28.2 Å². The van der Waals surface area contributed by atoms with E-state index in [1.165, 1.54) is 43.2 Å². The molecule has 1 unspecified atom stereocenters. The minimum Gasteiger partial charge on any atom is -0.448 e. The van der Waals surface area contributed by atoms with Crippen LogP contribution in [0.3, 0.4) is 0 Å². The van der Waals surface area contributed by atoms with Crippen LogP contribution in [0.25, 0.3) is 0 Å². The zero-order valence-electron chi connectivity index (χ0n) is 25.2. The molecule has 1 saturated carbocycles. The van der Waals surface area contributed by atoms with Gasteiger partial charge in [-0.1, -0.05) is 75.5 Å². The first-order chi connectivity index (χ1) is 20.7. The van der Waals surface area contributed by atoms with Gasteiger partial charge in [0.15, 0.2) is 5.89 Å². The van der Waals surface area contributed by atoms with Crippen molar-refractivity contribution in [3.63, 3.8) is 0 Å². The van der Waals surface area contributed by atoms with Crippen LogP contribution >= 0.6 is 0 Å². The van der Waals surface area contributed by atoms with E-state index in [0.717, 1.165) is 66.7 Å². The van der Waals surface area contributed by atoms with Gasteiger partial charge < -0.3 is 25.7 Å². The second-order valence-electron chi connectivity index (χ2n) is 10.9. The molecule has 1 fully saturated rings. The van der Waals surface area contributed by atoms with E-state index in [2.05, 4.69) is 69.7 Å². The molecule has 2 aromatic heterocycles. The van der Waals surface area contributed by atoms with Crippen LogP contribution in [-0.2, 0) is 19.3 Å². The number of nitrogens with zero attached hydrogens (tertiary/aromatic N) is 2. The highest BCUT2D eigenvalue weighted by Crippen LogP contribution is 2.28. The molecule has 1 atom stereocenters. The van der Waals surface area contributed by atoms with Crippen LogP contribution in [0.2, 0.25) is 0 Å². The van der Waals surface area contributed by atoms with Gasteiger partial charge in [-0.25, -0.2) is 4.98 Å². The quantitative estimate of drug-likeness (QED) is 0.122. The highest BCUT2D eigenvalue weighted by atomic mass is 16.3. The highest BCUT2D eigenvalue weighted by Gasteiger charge is 2.16. The minimum absolute atomic E-state index is 0.507. The molecule has 2 heterocycles. The topological polar surface area (TPSA) is 95.2 Å². The second kappa shape index (κ2) is 17.3. The fourth-order valence-electron chi connectivity index (χ4n) is 5.33. The van der Waals surface area contributed by atoms with Crippen molar-refractivity contribution in [2.45, 2.75) is 77.7 Å². The summed E-state index contributed by atoms with van der Waals surface area (Å²) >= 11 is 0. The molecule has 224 valence electrons. The van der Waals surface area contributed by atoms with E-state index in [4.69, 9.17) is 9.40 Å². The molecule has 2 aliphatic carbocycles. The standard InChI is InChI=1S/C33H41N5O2.C2H6/c39-32(28-8-4-19-34-22-28)23-35-20-18-26-10-14-30(15-11-26)38-37-29-9-3-7-27(13-16-29)21-33-36-31(24-40-33)17-12-25-5-1-2-6-25;1-2/h3-4,8-11,13-16,19,22,24-25,32,35,37-39H,1-2,5-7,12,17-18,20-21,23H2;1-2H3. The Kier molecular flexibility index (Phi) is 12.9. The molecule has 0 bridgehead atoms. The van der Waals surface area contributed by atoms with E-state index >= 15 is 0 Å². The Hall–Kier alpha value is -3.68. The molecule has 42 heavy (non-hydrogen) atoms. The number of oxazole rings is 1. The van der Waals surface area contributed by atoms with Crippen molar-refractivity contribution in [2.24, 2.45) is 5.92 Å². The lowest BCUT2D eigenvalue weighted by Gasteiger charge is -2.12. The first-order valence-corrected chi connectivity index (χ1v) is 15.6. The van der Waals surface area contributed by atoms with Crippen molar-refractivity contribution in [1.82, 2.24) is 20.7 Å². The fraction of sp³-hybridized carbons (Fsp3) is 0.429. The largest absolute Gasteiger partial charge is 0.448 e. The summed E-state index contributed by atoms with van der Waals surface area (Å²) in [6.07, 6.45) is 23.6. The summed E-state index contributed by atoms with van der Waals surface area (Å²) < 4.78 is 5.78. The van der Waals surface area contributed by atoms with E-state index in [-0.39, 0.29) is 0 Å². The van der Waals surface area contributed by atoms with Crippen molar-refractivity contribution in [3.8, 4) is 0 Å². The Morgan fingerprint density at radius 3 is 2.64 bits per heavy atom. The number of hydrogen-bond donors (Lipinski definition) is 4. The summed E-state index contributed by atoms with van der Waals surface area (Å²) in [6, 6.07) is 12.1. The van der Waals surface area contributed by atoms with Crippen LogP contribution in [0.5, 0.6) is 0 Å². The summed E-state index contributed by atoms with van der Waals surface area (Å²) in [5.74, 6) is 1.69. The average Bonchev–Trinajstić information content (AvgIpc) is 3.68. The molecule has 3 aromatic rings. The van der Waals surface area contributed by atoms with Gasteiger partial charge in [-0.05, 0) is 74.1 Å². The van der Waals surface area contributed by atoms with Gasteiger partial charge in [0.05, 0.1) is 23.2 Å². The molecule has 0 radical (unpaired) electrons. The normalized spacial score (nSPS) is 15.7. The van der Waals surface area contributed by atoms with Gasteiger partial charge in [-0.15, -0.1) is 0 Å². The van der Waals surface area contributed by atoms with Crippen LogP contribution < -0.4 is 16.2 Å². The lowest BCUT2D eigenvalue weighted by Crippen LogP contribution is -2.23. The number of aryl methyl sites for hydroxylation is 1. The van der Waals surface area contributed by atoms with Crippen molar-refractivity contribution in [1.29, 1.82) is 0 Å². The molecule has 0 amide bonds. The van der Waals surface area contributed by atoms with Crippen molar-refractivity contribution in [3.05, 3.63) is 113 Å². The SMILES string of the molecule is CC.OC(CNCCc1ccc(NNC2=CC=C(Cc3nc(CCC4CCCC4)co3)CC=C2)cc1)c1cccnc1. The molecule has 0 spiro atoms. The minimum atomic E-state index is -0.546.